The number of carbonyl (C=O) groups excluding carboxylic acids is 6. The Balaban J connectivity index is 0.000000174. The Morgan fingerprint density at radius 2 is 0.407 bits per heavy atom. The molecule has 0 N–H and O–H groups in total. The van der Waals surface area contributed by atoms with Crippen molar-refractivity contribution in [2.24, 2.45) is 0 Å². The summed E-state index contributed by atoms with van der Waals surface area (Å²) in [4.78, 5) is 95.2. The van der Waals surface area contributed by atoms with Gasteiger partial charge in [0.05, 0.1) is 33.4 Å². The molecule has 0 bridgehead atoms. The van der Waals surface area contributed by atoms with Crippen LogP contribution in [0, 0.1) is 20.5 Å². The molecule has 59 heavy (non-hydrogen) atoms. The van der Waals surface area contributed by atoms with Crippen LogP contribution in [0.4, 0.5) is 0 Å². The van der Waals surface area contributed by atoms with Crippen molar-refractivity contribution in [3.05, 3.63) is 143 Å². The molecular formula is C36H18Cl2N6O14Ru. The van der Waals surface area contributed by atoms with Crippen molar-refractivity contribution in [2.45, 2.75) is 0 Å². The maximum Gasteiger partial charge on any atom is 2.00 e. The van der Waals surface area contributed by atoms with Crippen molar-refractivity contribution >= 4 is 34.7 Å². The fraction of sp³-hybridized carbons (Fsp3) is 0. The van der Waals surface area contributed by atoms with E-state index >= 15 is 0 Å². The first-order valence-electron chi connectivity index (χ1n) is 15.6. The van der Waals surface area contributed by atoms with Gasteiger partial charge in [-0.2, -0.15) is 0 Å². The maximum atomic E-state index is 11.8. The molecule has 23 heteroatoms. The summed E-state index contributed by atoms with van der Waals surface area (Å²) in [6.07, 6.45) is 9.50. The van der Waals surface area contributed by atoms with Crippen molar-refractivity contribution in [3.63, 3.8) is 0 Å². The van der Waals surface area contributed by atoms with Gasteiger partial charge in [-0.05, 0) is 72.8 Å². The number of fused-ring (bicyclic) bond motifs is 9. The molecular weight excluding hydrogens is 912 g/mol. The van der Waals surface area contributed by atoms with Crippen molar-refractivity contribution in [3.8, 4) is 34.2 Å². The van der Waals surface area contributed by atoms with Gasteiger partial charge >= 0.3 is 19.5 Å². The second-order valence-corrected chi connectivity index (χ2v) is 12.6. The van der Waals surface area contributed by atoms with E-state index in [-0.39, 0.29) is 19.5 Å². The number of aromatic nitrogens is 6. The number of halogens is 2. The molecule has 20 nitrogen and oxygen atoms in total. The summed E-state index contributed by atoms with van der Waals surface area (Å²) in [6, 6.07) is 19.4. The fourth-order valence-electron chi connectivity index (χ4n) is 5.40. The van der Waals surface area contributed by atoms with Gasteiger partial charge in [-0.25, -0.2) is 37.3 Å². The van der Waals surface area contributed by atoms with Gasteiger partial charge in [0.1, 0.15) is 34.2 Å². The van der Waals surface area contributed by atoms with Crippen LogP contribution in [0.3, 0.4) is 0 Å². The van der Waals surface area contributed by atoms with Crippen molar-refractivity contribution < 1.29 is 106 Å². The number of nitrogens with zero attached hydrogens (tertiary/aromatic N) is 6. The third kappa shape index (κ3) is 11.1. The average molecular weight is 931 g/mol. The number of carbonyl (C=O) groups is 6. The maximum absolute atomic E-state index is 11.8. The van der Waals surface area contributed by atoms with Crippen LogP contribution in [0.5, 0.6) is 0 Å². The van der Waals surface area contributed by atoms with Gasteiger partial charge in [0.25, 0.3) is 0 Å². The molecule has 6 heterocycles. The molecule has 298 valence electrons. The number of pyridine rings is 6. The van der Waals surface area contributed by atoms with Crippen molar-refractivity contribution in [1.82, 2.24) is 29.9 Å². The molecule has 0 atom stereocenters. The third-order valence-electron chi connectivity index (χ3n) is 7.61. The van der Waals surface area contributed by atoms with Gasteiger partial charge in [0.15, 0.2) is 0 Å². The van der Waals surface area contributed by atoms with E-state index in [0.29, 0.717) is 67.5 Å². The quantitative estimate of drug-likeness (QED) is 0.102. The van der Waals surface area contributed by atoms with E-state index in [9.17, 15) is 28.8 Å². The minimum Gasteiger partial charge on any atom is -0.285 e. The molecule has 0 aliphatic heterocycles. The molecule has 0 spiro atoms. The largest absolute Gasteiger partial charge is 2.00 e. The Labute approximate surface area is 346 Å². The molecule has 0 fully saturated rings. The molecule has 3 aliphatic rings. The first-order chi connectivity index (χ1) is 27.4. The summed E-state index contributed by atoms with van der Waals surface area (Å²) in [5, 5.41) is 0. The fourth-order valence-corrected chi connectivity index (χ4v) is 5.40. The van der Waals surface area contributed by atoms with E-state index in [4.69, 9.17) is 37.3 Å². The molecule has 0 radical (unpaired) electrons. The number of rotatable bonds is 0. The predicted octanol–water partition coefficient (Wildman–Crippen LogP) is -4.95. The second kappa shape index (κ2) is 19.0. The first-order valence-corrected chi connectivity index (χ1v) is 18.1. The summed E-state index contributed by atoms with van der Waals surface area (Å²) in [5.74, 6) is -3.06. The van der Waals surface area contributed by atoms with E-state index in [2.05, 4.69) is 29.9 Å². The SMILES string of the molecule is O=C1C(=O)c2cccnc2-c2ncccc21.O=C1C(=O)c2cccnc2-c2ncccc21.O=C1C(=O)c2cccnc2-c2ncccc21.[O-][Cl+3]([O-])([O-])[O-].[O-][Cl+3]([O-])([O-])[O-].[Ru+2]. The van der Waals surface area contributed by atoms with E-state index < -0.39 is 55.2 Å². The zero-order chi connectivity index (χ0) is 42.4. The summed E-state index contributed by atoms with van der Waals surface area (Å²) in [7, 11) is -9.89. The number of hydrogen-bond acceptors (Lipinski definition) is 20. The Bertz CT molecular complexity index is 2170. The van der Waals surface area contributed by atoms with Crippen LogP contribution in [0.1, 0.15) is 62.1 Å². The normalized spacial score (nSPS) is 12.8. The zero-order valence-corrected chi connectivity index (χ0v) is 32.2. The van der Waals surface area contributed by atoms with E-state index in [1.165, 1.54) is 0 Å². The molecule has 3 aliphatic carbocycles. The minimum atomic E-state index is -4.94. The smallest absolute Gasteiger partial charge is 0.285 e. The van der Waals surface area contributed by atoms with Gasteiger partial charge in [-0.1, -0.05) is 0 Å². The third-order valence-corrected chi connectivity index (χ3v) is 7.61. The van der Waals surface area contributed by atoms with Gasteiger partial charge in [-0.15, -0.1) is 20.5 Å². The number of ketones is 6. The van der Waals surface area contributed by atoms with E-state index in [1.807, 2.05) is 0 Å². The molecule has 0 aromatic carbocycles. The van der Waals surface area contributed by atoms with Crippen molar-refractivity contribution in [1.29, 1.82) is 0 Å². The van der Waals surface area contributed by atoms with Crippen LogP contribution < -0.4 is 37.3 Å². The second-order valence-electron chi connectivity index (χ2n) is 11.1. The molecule has 6 aromatic heterocycles. The summed E-state index contributed by atoms with van der Waals surface area (Å²) >= 11 is 0. The Kier molecular flexibility index (Phi) is 14.7. The predicted molar refractivity (Wildman–Crippen MR) is 168 cm³/mol. The Morgan fingerprint density at radius 3 is 0.525 bits per heavy atom. The number of Topliss-reactive ketones (excluding diaryl/α,β-unsaturated/α-hetero) is 6. The van der Waals surface area contributed by atoms with Gasteiger partial charge in [0, 0.05) is 37.2 Å². The monoisotopic (exact) mass is 930 g/mol. The molecule has 9 rings (SSSR count). The van der Waals surface area contributed by atoms with E-state index in [1.54, 1.807) is 110 Å². The molecule has 0 saturated carbocycles. The van der Waals surface area contributed by atoms with Crippen molar-refractivity contribution in [2.75, 3.05) is 0 Å². The summed E-state index contributed by atoms with van der Waals surface area (Å²) < 4.78 is 67.9. The minimum absolute atomic E-state index is 0. The van der Waals surface area contributed by atoms with E-state index in [0.717, 1.165) is 0 Å². The zero-order valence-electron chi connectivity index (χ0n) is 28.9. The van der Waals surface area contributed by atoms with Gasteiger partial charge in [0.2, 0.25) is 34.7 Å². The first kappa shape index (κ1) is 45.5. The van der Waals surface area contributed by atoms with Gasteiger partial charge < -0.3 is 0 Å². The molecule has 0 saturated heterocycles. The van der Waals surface area contributed by atoms with Crippen LogP contribution in [0.2, 0.25) is 0 Å². The van der Waals surface area contributed by atoms with Crippen LogP contribution in [-0.4, -0.2) is 64.6 Å². The van der Waals surface area contributed by atoms with Crippen LogP contribution in [0.25, 0.3) is 34.2 Å². The molecule has 0 unspecified atom stereocenters. The Hall–Kier alpha value is -6.20. The summed E-state index contributed by atoms with van der Waals surface area (Å²) in [5.41, 5.74) is 4.92. The number of hydrogen-bond donors (Lipinski definition) is 0. The van der Waals surface area contributed by atoms with Crippen LogP contribution in [0.15, 0.2) is 110 Å². The van der Waals surface area contributed by atoms with Crippen LogP contribution >= 0.6 is 0 Å². The van der Waals surface area contributed by atoms with Crippen LogP contribution in [-0.2, 0) is 19.5 Å². The molecule has 0 amide bonds. The summed E-state index contributed by atoms with van der Waals surface area (Å²) in [6.45, 7) is 0. The van der Waals surface area contributed by atoms with Gasteiger partial charge in [-0.3, -0.25) is 58.7 Å². The topological polar surface area (TPSA) is 364 Å². The standard InChI is InChI=1S/3C12H6N2O2.2ClHO4.Ru/c3*15-11-7-3-1-5-13-9(7)10-8(12(11)16)4-2-6-14-10;2*2-1(3,4)5;/h3*1-6H;2*(H,2,3,4,5);/q;;;;;+2/p-2. The molecule has 6 aromatic rings. The average Bonchev–Trinajstić information content (AvgIpc) is 3.20. The Morgan fingerprint density at radius 1 is 0.288 bits per heavy atom.